The minimum atomic E-state index is -2.92. The van der Waals surface area contributed by atoms with Crippen molar-refractivity contribution in [3.05, 3.63) is 0 Å². The number of nitrogens with zero attached hydrogens (tertiary/aromatic N) is 1. The Bertz CT molecular complexity index is 408. The van der Waals surface area contributed by atoms with Gasteiger partial charge in [0.05, 0.1) is 18.9 Å². The molecule has 0 saturated heterocycles. The van der Waals surface area contributed by atoms with Gasteiger partial charge in [-0.05, 0) is 32.6 Å². The molecular formula is C15H33N3O3S. The van der Waals surface area contributed by atoms with E-state index in [0.717, 1.165) is 19.6 Å². The summed E-state index contributed by atoms with van der Waals surface area (Å²) in [7, 11) is -2.92. The molecule has 0 saturated carbocycles. The normalized spacial score (nSPS) is 14.2. The summed E-state index contributed by atoms with van der Waals surface area (Å²) < 4.78 is 27.9. The number of rotatable bonds is 11. The second kappa shape index (κ2) is 11.7. The number of guanidine groups is 1. The zero-order valence-corrected chi connectivity index (χ0v) is 15.5. The maximum absolute atomic E-state index is 11.2. The molecule has 0 aromatic rings. The summed E-state index contributed by atoms with van der Waals surface area (Å²) in [5, 5.41) is 6.37. The standard InChI is InChI=1S/C15H33N3O3S/c1-6-16-15(17-9-11-21-10-7-13(2)3)18-14(4)8-12-22(5,19)20/h13-14H,6-12H2,1-5H3,(H2,16,17,18). The predicted octanol–water partition coefficient (Wildman–Crippen LogP) is 1.43. The molecule has 0 aliphatic heterocycles. The van der Waals surface area contributed by atoms with Crippen LogP contribution in [0.5, 0.6) is 0 Å². The number of sulfone groups is 1. The number of ether oxygens (including phenoxy) is 1. The van der Waals surface area contributed by atoms with Crippen molar-refractivity contribution in [2.24, 2.45) is 10.9 Å². The SMILES string of the molecule is CCNC(=NCCOCCC(C)C)NC(C)CCS(C)(=O)=O. The summed E-state index contributed by atoms with van der Waals surface area (Å²) in [4.78, 5) is 4.43. The predicted molar refractivity (Wildman–Crippen MR) is 93.2 cm³/mol. The molecule has 132 valence electrons. The molecule has 1 unspecified atom stereocenters. The van der Waals surface area contributed by atoms with Gasteiger partial charge in [-0.2, -0.15) is 0 Å². The highest BCUT2D eigenvalue weighted by molar-refractivity contribution is 7.90. The first-order chi connectivity index (χ1) is 10.2. The third-order valence-corrected chi connectivity index (χ3v) is 3.97. The molecule has 0 rings (SSSR count). The molecule has 0 aliphatic rings. The Morgan fingerprint density at radius 3 is 2.41 bits per heavy atom. The Hall–Kier alpha value is -0.820. The molecule has 6 nitrogen and oxygen atoms in total. The fourth-order valence-corrected chi connectivity index (χ4v) is 2.44. The Kier molecular flexibility index (Phi) is 11.3. The Morgan fingerprint density at radius 1 is 1.18 bits per heavy atom. The number of hydrogen-bond acceptors (Lipinski definition) is 4. The summed E-state index contributed by atoms with van der Waals surface area (Å²) in [6.07, 6.45) is 2.88. The fraction of sp³-hybridized carbons (Fsp3) is 0.933. The van der Waals surface area contributed by atoms with Gasteiger partial charge in [0.25, 0.3) is 0 Å². The van der Waals surface area contributed by atoms with E-state index in [1.165, 1.54) is 6.26 Å². The molecule has 1 atom stereocenters. The highest BCUT2D eigenvalue weighted by Crippen LogP contribution is 1.98. The second-order valence-electron chi connectivity index (χ2n) is 6.02. The second-order valence-corrected chi connectivity index (χ2v) is 8.28. The zero-order chi connectivity index (χ0) is 17.0. The van der Waals surface area contributed by atoms with Gasteiger partial charge in [0.15, 0.2) is 5.96 Å². The van der Waals surface area contributed by atoms with Crippen LogP contribution in [0.25, 0.3) is 0 Å². The van der Waals surface area contributed by atoms with Crippen LogP contribution in [0.3, 0.4) is 0 Å². The van der Waals surface area contributed by atoms with Crippen molar-refractivity contribution in [1.82, 2.24) is 10.6 Å². The van der Waals surface area contributed by atoms with Crippen LogP contribution in [-0.2, 0) is 14.6 Å². The van der Waals surface area contributed by atoms with Crippen molar-refractivity contribution in [2.75, 3.05) is 38.3 Å². The van der Waals surface area contributed by atoms with Crippen molar-refractivity contribution >= 4 is 15.8 Å². The van der Waals surface area contributed by atoms with E-state index < -0.39 is 9.84 Å². The van der Waals surface area contributed by atoms with Crippen LogP contribution in [-0.4, -0.2) is 58.7 Å². The number of aliphatic imine (C=N–C) groups is 1. The first-order valence-corrected chi connectivity index (χ1v) is 10.1. The summed E-state index contributed by atoms with van der Waals surface area (Å²) in [6, 6.07) is 0.0504. The molecule has 0 heterocycles. The topological polar surface area (TPSA) is 79.8 Å². The monoisotopic (exact) mass is 335 g/mol. The van der Waals surface area contributed by atoms with Crippen molar-refractivity contribution in [2.45, 2.75) is 46.6 Å². The fourth-order valence-electron chi connectivity index (χ4n) is 1.66. The summed E-state index contributed by atoms with van der Waals surface area (Å²) in [5.74, 6) is 1.54. The first kappa shape index (κ1) is 21.2. The van der Waals surface area contributed by atoms with Crippen molar-refractivity contribution in [3.63, 3.8) is 0 Å². The molecule has 2 N–H and O–H groups in total. The molecule has 22 heavy (non-hydrogen) atoms. The van der Waals surface area contributed by atoms with Gasteiger partial charge in [-0.25, -0.2) is 8.42 Å². The maximum Gasteiger partial charge on any atom is 0.191 e. The van der Waals surface area contributed by atoms with Gasteiger partial charge in [0.1, 0.15) is 9.84 Å². The lowest BCUT2D eigenvalue weighted by atomic mass is 10.1. The molecular weight excluding hydrogens is 302 g/mol. The molecule has 0 aliphatic carbocycles. The molecule has 0 aromatic carbocycles. The van der Waals surface area contributed by atoms with Crippen LogP contribution in [0.15, 0.2) is 4.99 Å². The summed E-state index contributed by atoms with van der Waals surface area (Å²) in [5.41, 5.74) is 0. The minimum absolute atomic E-state index is 0.0504. The largest absolute Gasteiger partial charge is 0.380 e. The van der Waals surface area contributed by atoms with E-state index in [4.69, 9.17) is 4.74 Å². The lowest BCUT2D eigenvalue weighted by Crippen LogP contribution is -2.43. The van der Waals surface area contributed by atoms with Gasteiger partial charge in [0, 0.05) is 25.4 Å². The van der Waals surface area contributed by atoms with Gasteiger partial charge in [-0.3, -0.25) is 4.99 Å². The van der Waals surface area contributed by atoms with E-state index in [0.29, 0.717) is 31.4 Å². The highest BCUT2D eigenvalue weighted by Gasteiger charge is 2.09. The first-order valence-electron chi connectivity index (χ1n) is 8.05. The van der Waals surface area contributed by atoms with Crippen molar-refractivity contribution in [3.8, 4) is 0 Å². The Balaban J connectivity index is 4.09. The molecule has 0 bridgehead atoms. The van der Waals surface area contributed by atoms with E-state index in [1.54, 1.807) is 0 Å². The smallest absolute Gasteiger partial charge is 0.191 e. The van der Waals surface area contributed by atoms with E-state index >= 15 is 0 Å². The van der Waals surface area contributed by atoms with Gasteiger partial charge < -0.3 is 15.4 Å². The molecule has 0 fully saturated rings. The van der Waals surface area contributed by atoms with Crippen LogP contribution in [0, 0.1) is 5.92 Å². The van der Waals surface area contributed by atoms with E-state index in [-0.39, 0.29) is 11.8 Å². The lowest BCUT2D eigenvalue weighted by Gasteiger charge is -2.17. The average molecular weight is 336 g/mol. The summed E-state index contributed by atoms with van der Waals surface area (Å²) >= 11 is 0. The lowest BCUT2D eigenvalue weighted by molar-refractivity contribution is 0.130. The van der Waals surface area contributed by atoms with E-state index in [1.807, 2.05) is 13.8 Å². The minimum Gasteiger partial charge on any atom is -0.380 e. The van der Waals surface area contributed by atoms with Gasteiger partial charge in [0.2, 0.25) is 0 Å². The number of nitrogens with one attached hydrogen (secondary N) is 2. The van der Waals surface area contributed by atoms with Gasteiger partial charge in [-0.1, -0.05) is 13.8 Å². The maximum atomic E-state index is 11.2. The number of hydrogen-bond donors (Lipinski definition) is 2. The highest BCUT2D eigenvalue weighted by atomic mass is 32.2. The molecule has 0 amide bonds. The Labute approximate surface area is 136 Å². The van der Waals surface area contributed by atoms with Gasteiger partial charge >= 0.3 is 0 Å². The third kappa shape index (κ3) is 14.1. The quantitative estimate of drug-likeness (QED) is 0.339. The van der Waals surface area contributed by atoms with E-state index in [2.05, 4.69) is 29.5 Å². The van der Waals surface area contributed by atoms with Crippen LogP contribution < -0.4 is 10.6 Å². The van der Waals surface area contributed by atoms with Crippen LogP contribution in [0.2, 0.25) is 0 Å². The third-order valence-electron chi connectivity index (χ3n) is 2.99. The zero-order valence-electron chi connectivity index (χ0n) is 14.7. The van der Waals surface area contributed by atoms with Crippen LogP contribution in [0.4, 0.5) is 0 Å². The molecule has 0 radical (unpaired) electrons. The van der Waals surface area contributed by atoms with Gasteiger partial charge in [-0.15, -0.1) is 0 Å². The average Bonchev–Trinajstić information content (AvgIpc) is 2.39. The summed E-state index contributed by atoms with van der Waals surface area (Å²) in [6.45, 7) is 11.0. The van der Waals surface area contributed by atoms with E-state index in [9.17, 15) is 8.42 Å². The van der Waals surface area contributed by atoms with Crippen LogP contribution >= 0.6 is 0 Å². The molecule has 0 aromatic heterocycles. The van der Waals surface area contributed by atoms with Crippen LogP contribution in [0.1, 0.15) is 40.5 Å². The Morgan fingerprint density at radius 2 is 1.86 bits per heavy atom. The molecule has 0 spiro atoms. The van der Waals surface area contributed by atoms with Crippen molar-refractivity contribution in [1.29, 1.82) is 0 Å². The van der Waals surface area contributed by atoms with Crippen molar-refractivity contribution < 1.29 is 13.2 Å². The molecule has 7 heteroatoms.